The lowest BCUT2D eigenvalue weighted by Gasteiger charge is -2.16. The first-order valence-corrected chi connectivity index (χ1v) is 9.51. The Balaban J connectivity index is 1.98. The standard InChI is InChI=1S/C17H13BrFN3O2S/c18-16-20-21-17(25-8-14(23)24)22(16)15-11-4-2-1-3-10(11)13(19)7-12(15)9-5-6-9/h1-4,7,9H,5-6,8H2,(H,23,24). The Kier molecular flexibility index (Phi) is 4.24. The number of hydrogen-bond acceptors (Lipinski definition) is 4. The van der Waals surface area contributed by atoms with Gasteiger partial charge < -0.3 is 5.11 Å². The molecular formula is C17H13BrFN3O2S. The molecule has 3 aromatic rings. The third-order valence-corrected chi connectivity index (χ3v) is 5.58. The number of thioether (sulfide) groups is 1. The minimum absolute atomic E-state index is 0.122. The van der Waals surface area contributed by atoms with Crippen molar-refractivity contribution >= 4 is 44.4 Å². The molecule has 4 rings (SSSR count). The van der Waals surface area contributed by atoms with Crippen LogP contribution in [0.25, 0.3) is 16.5 Å². The van der Waals surface area contributed by atoms with Gasteiger partial charge >= 0.3 is 5.97 Å². The molecule has 0 unspecified atom stereocenters. The fraction of sp³-hybridized carbons (Fsp3) is 0.235. The highest BCUT2D eigenvalue weighted by Gasteiger charge is 2.30. The van der Waals surface area contributed by atoms with Gasteiger partial charge in [0.1, 0.15) is 5.82 Å². The third-order valence-electron chi connectivity index (χ3n) is 4.15. The SMILES string of the molecule is O=C(O)CSc1nnc(Br)n1-c1c(C2CC2)cc(F)c2ccccc12. The molecule has 0 aliphatic heterocycles. The number of aromatic nitrogens is 3. The van der Waals surface area contributed by atoms with Crippen LogP contribution < -0.4 is 0 Å². The van der Waals surface area contributed by atoms with Crippen LogP contribution in [0.2, 0.25) is 0 Å². The van der Waals surface area contributed by atoms with E-state index in [-0.39, 0.29) is 11.6 Å². The topological polar surface area (TPSA) is 68.0 Å². The van der Waals surface area contributed by atoms with Crippen molar-refractivity contribution in [2.45, 2.75) is 23.9 Å². The summed E-state index contributed by atoms with van der Waals surface area (Å²) in [7, 11) is 0. The van der Waals surface area contributed by atoms with E-state index < -0.39 is 5.97 Å². The number of carboxylic acid groups (broad SMARTS) is 1. The van der Waals surface area contributed by atoms with E-state index >= 15 is 0 Å². The molecule has 1 saturated carbocycles. The predicted octanol–water partition coefficient (Wildman–Crippen LogP) is 4.38. The molecule has 25 heavy (non-hydrogen) atoms. The van der Waals surface area contributed by atoms with Gasteiger partial charge in [0.2, 0.25) is 4.73 Å². The lowest BCUT2D eigenvalue weighted by molar-refractivity contribution is -0.133. The number of halogens is 2. The molecule has 1 aliphatic rings. The fourth-order valence-electron chi connectivity index (χ4n) is 2.95. The number of aliphatic carboxylic acids is 1. The average Bonchev–Trinajstić information content (AvgIpc) is 3.37. The summed E-state index contributed by atoms with van der Waals surface area (Å²) in [4.78, 5) is 10.9. The maximum absolute atomic E-state index is 14.6. The second kappa shape index (κ2) is 6.42. The summed E-state index contributed by atoms with van der Waals surface area (Å²) < 4.78 is 16.8. The van der Waals surface area contributed by atoms with E-state index in [0.717, 1.165) is 41.2 Å². The third kappa shape index (κ3) is 3.04. The summed E-state index contributed by atoms with van der Waals surface area (Å²) in [5.74, 6) is -0.990. The van der Waals surface area contributed by atoms with Gasteiger partial charge in [-0.1, -0.05) is 36.0 Å². The Morgan fingerprint density at radius 2 is 2.04 bits per heavy atom. The number of carbonyl (C=O) groups is 1. The van der Waals surface area contributed by atoms with E-state index in [2.05, 4.69) is 26.1 Å². The Morgan fingerprint density at radius 1 is 1.32 bits per heavy atom. The molecule has 0 radical (unpaired) electrons. The molecule has 8 heteroatoms. The maximum atomic E-state index is 14.6. The van der Waals surface area contributed by atoms with Crippen LogP contribution in [0.3, 0.4) is 0 Å². The van der Waals surface area contributed by atoms with Crippen LogP contribution in [0.5, 0.6) is 0 Å². The lowest BCUT2D eigenvalue weighted by atomic mass is 10.00. The Bertz CT molecular complexity index is 987. The van der Waals surface area contributed by atoms with Gasteiger partial charge in [-0.25, -0.2) is 4.39 Å². The molecule has 5 nitrogen and oxygen atoms in total. The summed E-state index contributed by atoms with van der Waals surface area (Å²) in [5, 5.41) is 18.8. The molecule has 1 fully saturated rings. The summed E-state index contributed by atoms with van der Waals surface area (Å²) in [5.41, 5.74) is 1.73. The van der Waals surface area contributed by atoms with E-state index in [1.165, 1.54) is 0 Å². The van der Waals surface area contributed by atoms with E-state index in [1.807, 2.05) is 12.1 Å². The van der Waals surface area contributed by atoms with Crippen molar-refractivity contribution in [3.63, 3.8) is 0 Å². The number of rotatable bonds is 5. The normalized spacial score (nSPS) is 14.2. The molecule has 1 aliphatic carbocycles. The van der Waals surface area contributed by atoms with Gasteiger partial charge in [-0.2, -0.15) is 0 Å². The van der Waals surface area contributed by atoms with Crippen molar-refractivity contribution in [1.82, 2.24) is 14.8 Å². The average molecular weight is 422 g/mol. The highest BCUT2D eigenvalue weighted by Crippen LogP contribution is 2.46. The van der Waals surface area contributed by atoms with E-state index in [4.69, 9.17) is 5.11 Å². The largest absolute Gasteiger partial charge is 0.481 e. The minimum Gasteiger partial charge on any atom is -0.481 e. The first-order valence-electron chi connectivity index (χ1n) is 7.73. The number of nitrogens with zero attached hydrogens (tertiary/aromatic N) is 3. The lowest BCUT2D eigenvalue weighted by Crippen LogP contribution is -2.06. The molecule has 128 valence electrons. The molecule has 0 atom stereocenters. The van der Waals surface area contributed by atoms with Gasteiger partial charge in [-0.3, -0.25) is 9.36 Å². The molecule has 2 aromatic carbocycles. The molecule has 1 heterocycles. The Labute approximate surface area is 155 Å². The van der Waals surface area contributed by atoms with E-state index in [9.17, 15) is 9.18 Å². The van der Waals surface area contributed by atoms with Crippen LogP contribution in [0, 0.1) is 5.82 Å². The summed E-state index contributed by atoms with van der Waals surface area (Å²) in [6.45, 7) is 0. The summed E-state index contributed by atoms with van der Waals surface area (Å²) >= 11 is 4.49. The highest BCUT2D eigenvalue weighted by molar-refractivity contribution is 9.10. The summed E-state index contributed by atoms with van der Waals surface area (Å²) in [6, 6.07) is 8.87. The van der Waals surface area contributed by atoms with Gasteiger partial charge in [-0.05, 0) is 46.3 Å². The first-order chi connectivity index (χ1) is 12.1. The van der Waals surface area contributed by atoms with Crippen LogP contribution >= 0.6 is 27.7 Å². The molecule has 0 bridgehead atoms. The van der Waals surface area contributed by atoms with Crippen molar-refractivity contribution in [2.75, 3.05) is 5.75 Å². The second-order valence-corrected chi connectivity index (χ2v) is 7.54. The van der Waals surface area contributed by atoms with Crippen LogP contribution in [-0.2, 0) is 4.79 Å². The number of carboxylic acids is 1. The maximum Gasteiger partial charge on any atom is 0.313 e. The highest BCUT2D eigenvalue weighted by atomic mass is 79.9. The van der Waals surface area contributed by atoms with Gasteiger partial charge in [0.05, 0.1) is 11.4 Å². The fourth-order valence-corrected chi connectivity index (χ4v) is 4.15. The van der Waals surface area contributed by atoms with Crippen molar-refractivity contribution in [1.29, 1.82) is 0 Å². The van der Waals surface area contributed by atoms with Crippen molar-refractivity contribution < 1.29 is 14.3 Å². The van der Waals surface area contributed by atoms with Gasteiger partial charge in [-0.15, -0.1) is 10.2 Å². The Morgan fingerprint density at radius 3 is 2.72 bits per heavy atom. The number of benzene rings is 2. The monoisotopic (exact) mass is 421 g/mol. The zero-order valence-corrected chi connectivity index (χ0v) is 15.3. The zero-order chi connectivity index (χ0) is 17.6. The quantitative estimate of drug-likeness (QED) is 0.619. The minimum atomic E-state index is -0.929. The van der Waals surface area contributed by atoms with Crippen molar-refractivity contribution in [3.8, 4) is 5.69 Å². The van der Waals surface area contributed by atoms with Gasteiger partial charge in [0.15, 0.2) is 5.16 Å². The van der Waals surface area contributed by atoms with Crippen molar-refractivity contribution in [3.05, 3.63) is 46.4 Å². The number of fused-ring (bicyclic) bond motifs is 1. The zero-order valence-electron chi connectivity index (χ0n) is 12.9. The van der Waals surface area contributed by atoms with Crippen LogP contribution in [0.1, 0.15) is 24.3 Å². The van der Waals surface area contributed by atoms with E-state index in [0.29, 0.717) is 21.2 Å². The molecular weight excluding hydrogens is 409 g/mol. The molecule has 1 aromatic heterocycles. The Hall–Kier alpha value is -1.93. The molecule has 0 saturated heterocycles. The van der Waals surface area contributed by atoms with Crippen LogP contribution in [0.4, 0.5) is 4.39 Å². The van der Waals surface area contributed by atoms with Gasteiger partial charge in [0, 0.05) is 10.8 Å². The number of hydrogen-bond donors (Lipinski definition) is 1. The summed E-state index contributed by atoms with van der Waals surface area (Å²) in [6.07, 6.45) is 2.03. The van der Waals surface area contributed by atoms with E-state index in [1.54, 1.807) is 22.8 Å². The molecule has 1 N–H and O–H groups in total. The van der Waals surface area contributed by atoms with Crippen molar-refractivity contribution in [2.24, 2.45) is 0 Å². The smallest absolute Gasteiger partial charge is 0.313 e. The second-order valence-electron chi connectivity index (χ2n) is 5.89. The van der Waals surface area contributed by atoms with Crippen LogP contribution in [0.15, 0.2) is 40.2 Å². The first kappa shape index (κ1) is 16.5. The predicted molar refractivity (Wildman–Crippen MR) is 96.9 cm³/mol. The molecule has 0 spiro atoms. The molecule has 0 amide bonds. The van der Waals surface area contributed by atoms with Crippen LogP contribution in [-0.4, -0.2) is 31.6 Å². The van der Waals surface area contributed by atoms with Gasteiger partial charge in [0.25, 0.3) is 0 Å².